The summed E-state index contributed by atoms with van der Waals surface area (Å²) in [6, 6.07) is 20.6. The summed E-state index contributed by atoms with van der Waals surface area (Å²) in [6.07, 6.45) is 1.24. The quantitative estimate of drug-likeness (QED) is 0.414. The number of carbonyl (C=O) groups is 2. The highest BCUT2D eigenvalue weighted by molar-refractivity contribution is 5.94. The normalized spacial score (nSPS) is 16.8. The lowest BCUT2D eigenvalue weighted by Gasteiger charge is -2.31. The molecule has 2 amide bonds. The van der Waals surface area contributed by atoms with Crippen molar-refractivity contribution in [3.8, 4) is 5.88 Å². The molecule has 0 radical (unpaired) electrons. The Hall–Kier alpha value is -3.75. The first-order valence-electron chi connectivity index (χ1n) is 12.3. The molecule has 1 aliphatic heterocycles. The molecular weight excluding hydrogens is 472 g/mol. The molecule has 8 heteroatoms. The standard InChI is InChI=1S/C29H32N2O6/c1-3-29(34,17-26(32)31-23(19-37-28(31)33)16-21-10-6-4-7-11-21)25-14-15-30-27(35-2)24(25)20-36-18-22-12-8-5-9-13-22/h4-15,23,34H,3,16-20H2,1-2H3/t23-,29-/m1/s1. The van der Waals surface area contributed by atoms with Crippen molar-refractivity contribution in [2.45, 2.75) is 51.0 Å². The van der Waals surface area contributed by atoms with E-state index in [1.165, 1.54) is 13.3 Å². The van der Waals surface area contributed by atoms with Crippen LogP contribution in [0.5, 0.6) is 5.88 Å². The predicted molar refractivity (Wildman–Crippen MR) is 137 cm³/mol. The number of aromatic nitrogens is 1. The summed E-state index contributed by atoms with van der Waals surface area (Å²) in [5, 5.41) is 11.8. The first-order chi connectivity index (χ1) is 17.9. The molecule has 0 unspecified atom stereocenters. The smallest absolute Gasteiger partial charge is 0.416 e. The van der Waals surface area contributed by atoms with Crippen LogP contribution in [0.25, 0.3) is 0 Å². The van der Waals surface area contributed by atoms with Crippen LogP contribution in [0.15, 0.2) is 72.9 Å². The molecule has 0 bridgehead atoms. The van der Waals surface area contributed by atoms with Crippen LogP contribution < -0.4 is 4.74 Å². The van der Waals surface area contributed by atoms with Gasteiger partial charge in [0.05, 0.1) is 38.4 Å². The number of pyridine rings is 1. The lowest BCUT2D eigenvalue weighted by Crippen LogP contribution is -2.44. The zero-order chi connectivity index (χ0) is 26.3. The summed E-state index contributed by atoms with van der Waals surface area (Å²) in [5.41, 5.74) is 1.47. The van der Waals surface area contributed by atoms with E-state index in [0.29, 0.717) is 30.0 Å². The van der Waals surface area contributed by atoms with Crippen LogP contribution in [0.2, 0.25) is 0 Å². The largest absolute Gasteiger partial charge is 0.481 e. The Morgan fingerprint density at radius 3 is 2.41 bits per heavy atom. The van der Waals surface area contributed by atoms with Gasteiger partial charge in [0.1, 0.15) is 6.61 Å². The van der Waals surface area contributed by atoms with Gasteiger partial charge in [0, 0.05) is 11.8 Å². The number of amides is 2. The van der Waals surface area contributed by atoms with E-state index in [9.17, 15) is 14.7 Å². The van der Waals surface area contributed by atoms with Gasteiger partial charge in [0.15, 0.2) is 0 Å². The van der Waals surface area contributed by atoms with Gasteiger partial charge in [0.25, 0.3) is 0 Å². The summed E-state index contributed by atoms with van der Waals surface area (Å²) < 4.78 is 16.6. The van der Waals surface area contributed by atoms with Gasteiger partial charge in [-0.25, -0.2) is 14.7 Å². The third-order valence-electron chi connectivity index (χ3n) is 6.64. The van der Waals surface area contributed by atoms with Crippen molar-refractivity contribution in [1.82, 2.24) is 9.88 Å². The third kappa shape index (κ3) is 6.15. The van der Waals surface area contributed by atoms with E-state index in [1.807, 2.05) is 60.7 Å². The van der Waals surface area contributed by atoms with Crippen LogP contribution in [0.3, 0.4) is 0 Å². The Kier molecular flexibility index (Phi) is 8.53. The van der Waals surface area contributed by atoms with Crippen LogP contribution in [-0.4, -0.2) is 46.7 Å². The van der Waals surface area contributed by atoms with Gasteiger partial charge in [0.2, 0.25) is 11.8 Å². The fraction of sp³-hybridized carbons (Fsp3) is 0.345. The molecule has 4 rings (SSSR count). The molecule has 3 aromatic rings. The van der Waals surface area contributed by atoms with Crippen molar-refractivity contribution >= 4 is 12.0 Å². The van der Waals surface area contributed by atoms with Gasteiger partial charge in [-0.1, -0.05) is 67.6 Å². The number of aliphatic hydroxyl groups is 1. The number of hydrogen-bond donors (Lipinski definition) is 1. The maximum absolute atomic E-state index is 13.5. The van der Waals surface area contributed by atoms with Crippen molar-refractivity contribution in [3.05, 3.63) is 95.2 Å². The van der Waals surface area contributed by atoms with Crippen molar-refractivity contribution in [2.24, 2.45) is 0 Å². The van der Waals surface area contributed by atoms with Crippen LogP contribution in [0.4, 0.5) is 4.79 Å². The average Bonchev–Trinajstić information content (AvgIpc) is 3.29. The number of ether oxygens (including phenoxy) is 3. The molecule has 2 atom stereocenters. The number of benzene rings is 2. The maximum Gasteiger partial charge on any atom is 0.416 e. The van der Waals surface area contributed by atoms with Gasteiger partial charge in [-0.3, -0.25) is 4.79 Å². The molecule has 1 saturated heterocycles. The molecule has 0 aliphatic carbocycles. The molecule has 1 fully saturated rings. The zero-order valence-electron chi connectivity index (χ0n) is 21.1. The minimum atomic E-state index is -1.57. The first kappa shape index (κ1) is 26.3. The van der Waals surface area contributed by atoms with E-state index in [0.717, 1.165) is 16.0 Å². The van der Waals surface area contributed by atoms with Gasteiger partial charge in [-0.05, 0) is 35.6 Å². The predicted octanol–water partition coefficient (Wildman–Crippen LogP) is 4.38. The van der Waals surface area contributed by atoms with Gasteiger partial charge < -0.3 is 19.3 Å². The molecular formula is C29H32N2O6. The zero-order valence-corrected chi connectivity index (χ0v) is 21.1. The highest BCUT2D eigenvalue weighted by Gasteiger charge is 2.42. The number of hydrogen-bond acceptors (Lipinski definition) is 7. The molecule has 1 N–H and O–H groups in total. The Balaban J connectivity index is 1.54. The molecule has 0 saturated carbocycles. The summed E-state index contributed by atoms with van der Waals surface area (Å²) in [5.74, 6) is -0.188. The van der Waals surface area contributed by atoms with E-state index in [-0.39, 0.29) is 26.1 Å². The van der Waals surface area contributed by atoms with E-state index < -0.39 is 23.6 Å². The summed E-state index contributed by atoms with van der Waals surface area (Å²) in [6.45, 7) is 2.40. The highest BCUT2D eigenvalue weighted by atomic mass is 16.6. The van der Waals surface area contributed by atoms with Crippen molar-refractivity contribution in [2.75, 3.05) is 13.7 Å². The molecule has 1 aromatic heterocycles. The minimum Gasteiger partial charge on any atom is -0.481 e. The maximum atomic E-state index is 13.5. The second kappa shape index (κ2) is 12.0. The third-order valence-corrected chi connectivity index (χ3v) is 6.64. The van der Waals surface area contributed by atoms with E-state index in [1.54, 1.807) is 13.0 Å². The van der Waals surface area contributed by atoms with Crippen molar-refractivity contribution < 1.29 is 28.9 Å². The topological polar surface area (TPSA) is 98.2 Å². The minimum absolute atomic E-state index is 0.117. The fourth-order valence-corrected chi connectivity index (χ4v) is 4.62. The number of rotatable bonds is 11. The fourth-order valence-electron chi connectivity index (χ4n) is 4.62. The Morgan fingerprint density at radius 2 is 1.76 bits per heavy atom. The number of cyclic esters (lactones) is 1. The molecule has 194 valence electrons. The van der Waals surface area contributed by atoms with Crippen molar-refractivity contribution in [1.29, 1.82) is 0 Å². The van der Waals surface area contributed by atoms with E-state index in [2.05, 4.69) is 4.98 Å². The lowest BCUT2D eigenvalue weighted by atomic mass is 9.85. The Labute approximate surface area is 216 Å². The molecule has 37 heavy (non-hydrogen) atoms. The molecule has 1 aliphatic rings. The monoisotopic (exact) mass is 504 g/mol. The Morgan fingerprint density at radius 1 is 1.08 bits per heavy atom. The van der Waals surface area contributed by atoms with Gasteiger partial charge in [-0.2, -0.15) is 0 Å². The van der Waals surface area contributed by atoms with E-state index >= 15 is 0 Å². The number of carbonyl (C=O) groups excluding carboxylic acids is 2. The molecule has 8 nitrogen and oxygen atoms in total. The number of methoxy groups -OCH3 is 1. The van der Waals surface area contributed by atoms with Crippen LogP contribution in [0.1, 0.15) is 42.0 Å². The van der Waals surface area contributed by atoms with Gasteiger partial charge in [-0.15, -0.1) is 0 Å². The SMILES string of the molecule is CC[C@@](O)(CC(=O)N1C(=O)OC[C@H]1Cc1ccccc1)c1ccnc(OC)c1COCc1ccccc1. The van der Waals surface area contributed by atoms with Crippen LogP contribution in [-0.2, 0) is 39.5 Å². The average molecular weight is 505 g/mol. The van der Waals surface area contributed by atoms with E-state index in [4.69, 9.17) is 14.2 Å². The Bertz CT molecular complexity index is 1200. The summed E-state index contributed by atoms with van der Waals surface area (Å²) in [7, 11) is 1.50. The molecule has 0 spiro atoms. The lowest BCUT2D eigenvalue weighted by molar-refractivity contribution is -0.135. The van der Waals surface area contributed by atoms with Crippen molar-refractivity contribution in [3.63, 3.8) is 0 Å². The van der Waals surface area contributed by atoms with Gasteiger partial charge >= 0.3 is 6.09 Å². The number of nitrogens with zero attached hydrogens (tertiary/aromatic N) is 2. The highest BCUT2D eigenvalue weighted by Crippen LogP contribution is 2.36. The summed E-state index contributed by atoms with van der Waals surface area (Å²) in [4.78, 5) is 31.4. The van der Waals surface area contributed by atoms with Crippen LogP contribution in [0, 0.1) is 0 Å². The number of imide groups is 1. The summed E-state index contributed by atoms with van der Waals surface area (Å²) >= 11 is 0. The second-order valence-electron chi connectivity index (χ2n) is 9.07. The molecule has 2 heterocycles. The molecule has 2 aromatic carbocycles. The van der Waals surface area contributed by atoms with Crippen LogP contribution >= 0.6 is 0 Å². The second-order valence-corrected chi connectivity index (χ2v) is 9.07. The first-order valence-corrected chi connectivity index (χ1v) is 12.3.